The summed E-state index contributed by atoms with van der Waals surface area (Å²) >= 11 is 6.00. The molecule has 10 nitrogen and oxygen atoms in total. The van der Waals surface area contributed by atoms with E-state index in [1.54, 1.807) is 0 Å². The number of hydrazine groups is 1. The number of carboxylic acids is 1. The molecular weight excluding hydrogens is 426 g/mol. The summed E-state index contributed by atoms with van der Waals surface area (Å²) in [6, 6.07) is 2.78. The van der Waals surface area contributed by atoms with Gasteiger partial charge < -0.3 is 21.1 Å². The maximum absolute atomic E-state index is 13.3. The minimum atomic E-state index is -1.13. The fourth-order valence-corrected chi connectivity index (χ4v) is 3.47. The van der Waals surface area contributed by atoms with Gasteiger partial charge in [-0.25, -0.2) is 5.43 Å². The van der Waals surface area contributed by atoms with Crippen LogP contribution < -0.4 is 21.9 Å². The van der Waals surface area contributed by atoms with Gasteiger partial charge in [0.2, 0.25) is 5.91 Å². The normalized spacial score (nSPS) is 17.2. The van der Waals surface area contributed by atoms with Crippen molar-refractivity contribution in [2.45, 2.75) is 45.7 Å². The third kappa shape index (κ3) is 6.31. The number of amides is 3. The van der Waals surface area contributed by atoms with Crippen LogP contribution in [-0.2, 0) is 14.4 Å². The quantitative estimate of drug-likeness (QED) is 0.301. The van der Waals surface area contributed by atoms with Gasteiger partial charge >= 0.3 is 5.97 Å². The first-order valence-electron chi connectivity index (χ1n) is 9.82. The highest BCUT2D eigenvalue weighted by Gasteiger charge is 2.42. The number of carbonyl (C=O) groups excluding carboxylic acids is 3. The summed E-state index contributed by atoms with van der Waals surface area (Å²) in [4.78, 5) is 50.6. The summed E-state index contributed by atoms with van der Waals surface area (Å²) < 4.78 is 0. The summed E-state index contributed by atoms with van der Waals surface area (Å²) in [6.45, 7) is 5.34. The Morgan fingerprint density at radius 2 is 1.97 bits per heavy atom. The molecule has 0 bridgehead atoms. The number of carbonyl (C=O) groups is 4. The number of nitrogens with one attached hydrogen (secondary N) is 3. The zero-order valence-corrected chi connectivity index (χ0v) is 18.5. The van der Waals surface area contributed by atoms with Crippen molar-refractivity contribution >= 4 is 41.0 Å². The van der Waals surface area contributed by atoms with Crippen molar-refractivity contribution in [3.63, 3.8) is 0 Å². The van der Waals surface area contributed by atoms with Crippen LogP contribution in [0.1, 0.15) is 44.0 Å². The minimum Gasteiger partial charge on any atom is -0.480 e. The Bertz CT molecular complexity index is 870. The summed E-state index contributed by atoms with van der Waals surface area (Å²) in [6.07, 6.45) is 1.05. The van der Waals surface area contributed by atoms with Gasteiger partial charge in [0.05, 0.1) is 10.7 Å². The Kier molecular flexibility index (Phi) is 7.85. The van der Waals surface area contributed by atoms with Crippen molar-refractivity contribution in [2.24, 2.45) is 5.41 Å². The average Bonchev–Trinajstić information content (AvgIpc) is 3.16. The number of rotatable bonds is 7. The third-order valence-corrected chi connectivity index (χ3v) is 5.27. The Morgan fingerprint density at radius 3 is 2.55 bits per heavy atom. The maximum atomic E-state index is 13.3. The van der Waals surface area contributed by atoms with Gasteiger partial charge in [0.1, 0.15) is 18.6 Å². The molecule has 11 heteroatoms. The second-order valence-electron chi connectivity index (χ2n) is 8.43. The summed E-state index contributed by atoms with van der Waals surface area (Å²) in [5.74, 6) is -2.51. The monoisotopic (exact) mass is 453 g/mol. The second-order valence-corrected chi connectivity index (χ2v) is 8.84. The van der Waals surface area contributed by atoms with Crippen LogP contribution in [0, 0.1) is 5.41 Å². The van der Waals surface area contributed by atoms with E-state index in [9.17, 15) is 19.2 Å². The van der Waals surface area contributed by atoms with E-state index in [-0.39, 0.29) is 10.6 Å². The molecule has 170 valence electrons. The fourth-order valence-electron chi connectivity index (χ4n) is 3.29. The second kappa shape index (κ2) is 9.97. The smallest absolute Gasteiger partial charge is 0.319 e. The molecule has 1 aliphatic heterocycles. The summed E-state index contributed by atoms with van der Waals surface area (Å²) in [5.41, 5.74) is 10.3. The van der Waals surface area contributed by atoms with Gasteiger partial charge in [-0.15, -0.1) is 0 Å². The number of carboxylic acid groups (broad SMARTS) is 1. The maximum Gasteiger partial charge on any atom is 0.319 e. The predicted molar refractivity (Wildman–Crippen MR) is 115 cm³/mol. The SMILES string of the molecule is CC(C)(C)C(NC(=O)c1ccc(N)c(Cl)c1)C(=O)N1CCCC1C(=O)NNCC(=O)O. The van der Waals surface area contributed by atoms with Crippen LogP contribution in [0.3, 0.4) is 0 Å². The molecule has 0 aliphatic carbocycles. The molecule has 1 aromatic rings. The van der Waals surface area contributed by atoms with E-state index in [0.717, 1.165) is 0 Å². The highest BCUT2D eigenvalue weighted by Crippen LogP contribution is 2.27. The summed E-state index contributed by atoms with van der Waals surface area (Å²) in [5, 5.41) is 11.7. The minimum absolute atomic E-state index is 0.233. The largest absolute Gasteiger partial charge is 0.480 e. The number of halogens is 1. The number of aliphatic carboxylic acids is 1. The first-order chi connectivity index (χ1) is 14.4. The van der Waals surface area contributed by atoms with Gasteiger partial charge in [0.15, 0.2) is 0 Å². The lowest BCUT2D eigenvalue weighted by atomic mass is 9.85. The molecule has 0 radical (unpaired) electrons. The van der Waals surface area contributed by atoms with Crippen molar-refractivity contribution in [3.05, 3.63) is 28.8 Å². The van der Waals surface area contributed by atoms with Crippen molar-refractivity contribution in [3.8, 4) is 0 Å². The van der Waals surface area contributed by atoms with Gasteiger partial charge in [0.25, 0.3) is 11.8 Å². The van der Waals surface area contributed by atoms with Gasteiger partial charge in [0, 0.05) is 12.1 Å². The van der Waals surface area contributed by atoms with Gasteiger partial charge in [-0.05, 0) is 36.5 Å². The zero-order valence-electron chi connectivity index (χ0n) is 17.7. The number of hydrogen-bond donors (Lipinski definition) is 5. The van der Waals surface area contributed by atoms with Crippen LogP contribution in [0.4, 0.5) is 5.69 Å². The lowest BCUT2D eigenvalue weighted by Gasteiger charge is -2.35. The van der Waals surface area contributed by atoms with E-state index >= 15 is 0 Å². The molecular formula is C20H28ClN5O5. The lowest BCUT2D eigenvalue weighted by molar-refractivity contribution is -0.142. The number of hydrogen-bond acceptors (Lipinski definition) is 6. The number of nitrogens with zero attached hydrogens (tertiary/aromatic N) is 1. The predicted octanol–water partition coefficient (Wildman–Crippen LogP) is 0.763. The molecule has 2 unspecified atom stereocenters. The molecule has 0 saturated carbocycles. The van der Waals surface area contributed by atoms with Gasteiger partial charge in [-0.2, -0.15) is 0 Å². The zero-order chi connectivity index (χ0) is 23.3. The van der Waals surface area contributed by atoms with E-state index in [2.05, 4.69) is 16.2 Å². The lowest BCUT2D eigenvalue weighted by Crippen LogP contribution is -2.58. The highest BCUT2D eigenvalue weighted by molar-refractivity contribution is 6.33. The van der Waals surface area contributed by atoms with Crippen molar-refractivity contribution < 1.29 is 24.3 Å². The van der Waals surface area contributed by atoms with Crippen LogP contribution in [0.2, 0.25) is 5.02 Å². The average molecular weight is 454 g/mol. The molecule has 1 aliphatic rings. The van der Waals surface area contributed by atoms with Crippen LogP contribution in [0.25, 0.3) is 0 Å². The van der Waals surface area contributed by atoms with Crippen LogP contribution in [0.15, 0.2) is 18.2 Å². The molecule has 6 N–H and O–H groups in total. The van der Waals surface area contributed by atoms with E-state index in [1.807, 2.05) is 20.8 Å². The third-order valence-electron chi connectivity index (χ3n) is 4.94. The van der Waals surface area contributed by atoms with E-state index in [0.29, 0.717) is 25.1 Å². The van der Waals surface area contributed by atoms with E-state index < -0.39 is 47.7 Å². The molecule has 1 saturated heterocycles. The van der Waals surface area contributed by atoms with Crippen LogP contribution in [-0.4, -0.2) is 58.9 Å². The standard InChI is InChI=1S/C20H28ClN5O5/c1-20(2,3)16(24-17(29)11-6-7-13(22)12(21)9-11)19(31)26-8-4-5-14(26)18(30)25-23-10-15(27)28/h6-7,9,14,16,23H,4-5,8,10,22H2,1-3H3,(H,24,29)(H,25,30)(H,27,28). The molecule has 0 aromatic heterocycles. The Morgan fingerprint density at radius 1 is 1.29 bits per heavy atom. The van der Waals surface area contributed by atoms with Crippen molar-refractivity contribution in [2.75, 3.05) is 18.8 Å². The molecule has 2 rings (SSSR count). The van der Waals surface area contributed by atoms with Crippen molar-refractivity contribution in [1.82, 2.24) is 21.1 Å². The fraction of sp³-hybridized carbons (Fsp3) is 0.500. The summed E-state index contributed by atoms with van der Waals surface area (Å²) in [7, 11) is 0. The topological polar surface area (TPSA) is 154 Å². The molecule has 31 heavy (non-hydrogen) atoms. The number of benzene rings is 1. The Labute approximate surface area is 185 Å². The number of anilines is 1. The number of nitrogen functional groups attached to an aromatic ring is 1. The van der Waals surface area contributed by atoms with Crippen LogP contribution >= 0.6 is 11.6 Å². The number of likely N-dealkylation sites (tertiary alicyclic amines) is 1. The first-order valence-corrected chi connectivity index (χ1v) is 10.2. The van der Waals surface area contributed by atoms with Gasteiger partial charge in [-0.1, -0.05) is 32.4 Å². The Balaban J connectivity index is 2.16. The Hall–Kier alpha value is -2.85. The van der Waals surface area contributed by atoms with Gasteiger partial charge in [-0.3, -0.25) is 24.6 Å². The molecule has 1 aromatic carbocycles. The van der Waals surface area contributed by atoms with E-state index in [4.69, 9.17) is 22.4 Å². The molecule has 3 amide bonds. The van der Waals surface area contributed by atoms with Crippen molar-refractivity contribution in [1.29, 1.82) is 0 Å². The number of nitrogens with two attached hydrogens (primary N) is 1. The molecule has 1 heterocycles. The van der Waals surface area contributed by atoms with E-state index in [1.165, 1.54) is 23.1 Å². The molecule has 0 spiro atoms. The highest BCUT2D eigenvalue weighted by atomic mass is 35.5. The first kappa shape index (κ1) is 24.4. The molecule has 1 fully saturated rings. The molecule has 2 atom stereocenters. The van der Waals surface area contributed by atoms with Crippen LogP contribution in [0.5, 0.6) is 0 Å².